The number of nitrogens with zero attached hydrogens (tertiary/aromatic N) is 1. The summed E-state index contributed by atoms with van der Waals surface area (Å²) in [6.07, 6.45) is 4.91. The Bertz CT molecular complexity index is 780. The highest BCUT2D eigenvalue weighted by atomic mass is 35.5. The molecule has 25 heavy (non-hydrogen) atoms. The summed E-state index contributed by atoms with van der Waals surface area (Å²) in [5.41, 5.74) is 16.1. The average molecular weight is 362 g/mol. The number of aromatic nitrogens is 1. The Morgan fingerprint density at radius 3 is 2.84 bits per heavy atom. The second kappa shape index (κ2) is 6.85. The normalized spacial score (nSPS) is 16.2. The third kappa shape index (κ3) is 3.52. The molecule has 0 spiro atoms. The quantitative estimate of drug-likeness (QED) is 0.647. The van der Waals surface area contributed by atoms with Gasteiger partial charge >= 0.3 is 0 Å². The number of anilines is 3. The molecule has 8 heteroatoms. The second-order valence-electron chi connectivity index (χ2n) is 6.21. The smallest absolute Gasteiger partial charge is 0.172 e. The van der Waals surface area contributed by atoms with Gasteiger partial charge < -0.3 is 15.2 Å². The number of rotatable bonds is 5. The summed E-state index contributed by atoms with van der Waals surface area (Å²) >= 11 is 6.16. The number of pyridine rings is 1. The maximum absolute atomic E-state index is 6.16. The van der Waals surface area contributed by atoms with Gasteiger partial charge in [-0.1, -0.05) is 11.6 Å². The van der Waals surface area contributed by atoms with Gasteiger partial charge in [-0.25, -0.2) is 4.98 Å². The van der Waals surface area contributed by atoms with Gasteiger partial charge in [-0.2, -0.15) is 0 Å². The first-order chi connectivity index (χ1) is 12.2. The monoisotopic (exact) mass is 361 g/mol. The minimum Gasteiger partial charge on any atom is -0.490 e. The van der Waals surface area contributed by atoms with Crippen LogP contribution in [0.3, 0.4) is 0 Å². The zero-order valence-electron chi connectivity index (χ0n) is 13.6. The van der Waals surface area contributed by atoms with E-state index >= 15 is 0 Å². The lowest BCUT2D eigenvalue weighted by molar-refractivity contribution is 0.202. The van der Waals surface area contributed by atoms with E-state index in [-0.39, 0.29) is 6.10 Å². The van der Waals surface area contributed by atoms with Crippen molar-refractivity contribution in [1.29, 1.82) is 0 Å². The first-order valence-corrected chi connectivity index (χ1v) is 8.72. The zero-order chi connectivity index (χ0) is 17.2. The molecule has 0 bridgehead atoms. The average Bonchev–Trinajstić information content (AvgIpc) is 3.26. The first-order valence-electron chi connectivity index (χ1n) is 8.34. The van der Waals surface area contributed by atoms with E-state index in [2.05, 4.69) is 21.4 Å². The maximum atomic E-state index is 6.16. The molecule has 4 rings (SSSR count). The molecule has 0 saturated heterocycles. The van der Waals surface area contributed by atoms with Crippen LogP contribution in [0.4, 0.5) is 17.3 Å². The third-order valence-corrected chi connectivity index (χ3v) is 4.61. The summed E-state index contributed by atoms with van der Waals surface area (Å²) in [5, 5.41) is 0.651. The summed E-state index contributed by atoms with van der Waals surface area (Å²) in [6.45, 7) is 0.320. The molecule has 1 aromatic carbocycles. The number of fused-ring (bicyclic) bond motifs is 1. The van der Waals surface area contributed by atoms with E-state index in [9.17, 15) is 0 Å². The number of hydrazine groups is 2. The highest BCUT2D eigenvalue weighted by molar-refractivity contribution is 6.30. The SMILES string of the molecule is Nc1cc(OCc2cc(Cl)ccc2OC2CCCC2)c2c(n1)NNN2. The van der Waals surface area contributed by atoms with Crippen LogP contribution in [-0.4, -0.2) is 11.1 Å². The number of nitrogen functional groups attached to an aromatic ring is 1. The van der Waals surface area contributed by atoms with Gasteiger partial charge in [-0.3, -0.25) is 10.9 Å². The molecule has 1 fully saturated rings. The van der Waals surface area contributed by atoms with E-state index in [4.69, 9.17) is 26.8 Å². The van der Waals surface area contributed by atoms with Crippen molar-refractivity contribution in [2.45, 2.75) is 38.4 Å². The van der Waals surface area contributed by atoms with Crippen molar-refractivity contribution in [3.63, 3.8) is 0 Å². The molecule has 7 nitrogen and oxygen atoms in total. The second-order valence-corrected chi connectivity index (χ2v) is 6.65. The molecule has 1 aliphatic heterocycles. The van der Waals surface area contributed by atoms with E-state index in [0.29, 0.717) is 29.0 Å². The predicted octanol–water partition coefficient (Wildman–Crippen LogP) is 3.47. The molecule has 1 aromatic heterocycles. The van der Waals surface area contributed by atoms with Gasteiger partial charge in [0.25, 0.3) is 0 Å². The van der Waals surface area contributed by atoms with Crippen molar-refractivity contribution in [3.8, 4) is 11.5 Å². The molecule has 0 amide bonds. The lowest BCUT2D eigenvalue weighted by Crippen LogP contribution is -2.19. The molecular weight excluding hydrogens is 342 g/mol. The fraction of sp³-hybridized carbons (Fsp3) is 0.353. The van der Waals surface area contributed by atoms with Crippen LogP contribution in [0.1, 0.15) is 31.2 Å². The van der Waals surface area contributed by atoms with Crippen molar-refractivity contribution in [1.82, 2.24) is 10.5 Å². The van der Waals surface area contributed by atoms with Crippen LogP contribution in [0.15, 0.2) is 24.3 Å². The number of nitrogens with one attached hydrogen (secondary N) is 3. The van der Waals surface area contributed by atoms with Crippen molar-refractivity contribution in [3.05, 3.63) is 34.9 Å². The van der Waals surface area contributed by atoms with Crippen LogP contribution in [-0.2, 0) is 6.61 Å². The predicted molar refractivity (Wildman–Crippen MR) is 97.7 cm³/mol. The van der Waals surface area contributed by atoms with Crippen molar-refractivity contribution in [2.75, 3.05) is 16.6 Å². The van der Waals surface area contributed by atoms with Crippen LogP contribution >= 0.6 is 11.6 Å². The molecule has 2 aliphatic rings. The minimum atomic E-state index is 0.274. The summed E-state index contributed by atoms with van der Waals surface area (Å²) in [5.74, 6) is 2.40. The van der Waals surface area contributed by atoms with E-state index < -0.39 is 0 Å². The Balaban J connectivity index is 1.54. The van der Waals surface area contributed by atoms with Gasteiger partial charge in [0.2, 0.25) is 0 Å². The van der Waals surface area contributed by atoms with Gasteiger partial charge in [0.05, 0.1) is 6.10 Å². The van der Waals surface area contributed by atoms with Crippen molar-refractivity contribution in [2.24, 2.45) is 0 Å². The fourth-order valence-electron chi connectivity index (χ4n) is 3.14. The molecule has 1 saturated carbocycles. The minimum absolute atomic E-state index is 0.274. The standard InChI is InChI=1S/C17H20ClN5O2/c18-11-5-6-13(25-12-3-1-2-4-12)10(7-11)9-24-14-8-15(19)20-17-16(14)21-23-22-17/h5-8,12,21,23H,1-4,9H2,(H3,19,20,22). The molecule has 2 aromatic rings. The Morgan fingerprint density at radius 2 is 2.00 bits per heavy atom. The van der Waals surface area contributed by atoms with E-state index in [1.165, 1.54) is 12.8 Å². The van der Waals surface area contributed by atoms with Crippen LogP contribution in [0.2, 0.25) is 5.02 Å². The number of ether oxygens (including phenoxy) is 2. The van der Waals surface area contributed by atoms with Gasteiger partial charge in [-0.05, 0) is 43.9 Å². The summed E-state index contributed by atoms with van der Waals surface area (Å²) in [7, 11) is 0. The van der Waals surface area contributed by atoms with Crippen molar-refractivity contribution >= 4 is 28.9 Å². The topological polar surface area (TPSA) is 93.5 Å². The number of halogens is 1. The third-order valence-electron chi connectivity index (χ3n) is 4.37. The van der Waals surface area contributed by atoms with Gasteiger partial charge in [0.15, 0.2) is 11.6 Å². The number of benzene rings is 1. The molecule has 2 heterocycles. The Labute approximate surface area is 150 Å². The molecule has 0 atom stereocenters. The Morgan fingerprint density at radius 1 is 1.16 bits per heavy atom. The van der Waals surface area contributed by atoms with Crippen LogP contribution < -0.4 is 31.6 Å². The molecule has 0 unspecified atom stereocenters. The summed E-state index contributed by atoms with van der Waals surface area (Å²) < 4.78 is 12.1. The van der Waals surface area contributed by atoms with E-state index in [0.717, 1.165) is 29.8 Å². The number of nitrogens with two attached hydrogens (primary N) is 1. The van der Waals surface area contributed by atoms with Crippen molar-refractivity contribution < 1.29 is 9.47 Å². The lowest BCUT2D eigenvalue weighted by Gasteiger charge is -2.17. The van der Waals surface area contributed by atoms with Crippen LogP contribution in [0, 0.1) is 0 Å². The molecule has 132 valence electrons. The molecular formula is C17H20ClN5O2. The molecule has 1 aliphatic carbocycles. The van der Waals surface area contributed by atoms with Crippen LogP contribution in [0.5, 0.6) is 11.5 Å². The van der Waals surface area contributed by atoms with Crippen LogP contribution in [0.25, 0.3) is 0 Å². The lowest BCUT2D eigenvalue weighted by atomic mass is 10.2. The van der Waals surface area contributed by atoms with Gasteiger partial charge in [-0.15, -0.1) is 5.53 Å². The fourth-order valence-corrected chi connectivity index (χ4v) is 3.33. The summed E-state index contributed by atoms with van der Waals surface area (Å²) in [6, 6.07) is 7.31. The highest BCUT2D eigenvalue weighted by Gasteiger charge is 2.20. The highest BCUT2D eigenvalue weighted by Crippen LogP contribution is 2.36. The zero-order valence-corrected chi connectivity index (χ0v) is 14.4. The van der Waals surface area contributed by atoms with Gasteiger partial charge in [0, 0.05) is 16.7 Å². The van der Waals surface area contributed by atoms with E-state index in [1.54, 1.807) is 6.07 Å². The Kier molecular flexibility index (Phi) is 4.42. The van der Waals surface area contributed by atoms with Gasteiger partial charge in [0.1, 0.15) is 23.9 Å². The number of hydrogen-bond donors (Lipinski definition) is 4. The molecule has 0 radical (unpaired) electrons. The Hall–Kier alpha value is -2.38. The summed E-state index contributed by atoms with van der Waals surface area (Å²) in [4.78, 5) is 4.19. The largest absolute Gasteiger partial charge is 0.490 e. The molecule has 5 N–H and O–H groups in total. The maximum Gasteiger partial charge on any atom is 0.172 e. The van der Waals surface area contributed by atoms with E-state index in [1.807, 2.05) is 18.2 Å². The first kappa shape index (κ1) is 16.1. The number of hydrogen-bond acceptors (Lipinski definition) is 7.